The molecule has 1 aliphatic rings. The minimum absolute atomic E-state index is 0.0548. The molecule has 1 aromatic carbocycles. The molecule has 0 spiro atoms. The standard InChI is InChI=1S/C15H22N2O2/c1-16(2)13-7-4-6-12(10-13)15(18)17(3)11-14-8-5-9-19-14/h4,6-7,10,14H,5,8-9,11H2,1-3H3. The molecule has 1 unspecified atom stereocenters. The molecule has 1 atom stereocenters. The first-order valence-corrected chi connectivity index (χ1v) is 6.72. The molecule has 2 rings (SSSR count). The van der Waals surface area contributed by atoms with Gasteiger partial charge in [0.2, 0.25) is 0 Å². The van der Waals surface area contributed by atoms with Crippen molar-refractivity contribution >= 4 is 11.6 Å². The van der Waals surface area contributed by atoms with E-state index in [2.05, 4.69) is 0 Å². The molecule has 0 aromatic heterocycles. The molecule has 1 fully saturated rings. The Balaban J connectivity index is 2.03. The molecule has 1 aromatic rings. The number of hydrogen-bond donors (Lipinski definition) is 0. The first kappa shape index (κ1) is 13.9. The number of benzene rings is 1. The van der Waals surface area contributed by atoms with Crippen LogP contribution in [0.3, 0.4) is 0 Å². The Morgan fingerprint density at radius 2 is 2.16 bits per heavy atom. The normalized spacial score (nSPS) is 18.4. The number of amides is 1. The number of carbonyl (C=O) groups excluding carboxylic acids is 1. The Hall–Kier alpha value is -1.55. The van der Waals surface area contributed by atoms with E-state index in [0.29, 0.717) is 6.54 Å². The molecule has 0 radical (unpaired) electrons. The van der Waals surface area contributed by atoms with Gasteiger partial charge in [-0.15, -0.1) is 0 Å². The molecule has 1 heterocycles. The molecule has 1 saturated heterocycles. The number of hydrogen-bond acceptors (Lipinski definition) is 3. The van der Waals surface area contributed by atoms with Crippen molar-refractivity contribution < 1.29 is 9.53 Å². The fourth-order valence-electron chi connectivity index (χ4n) is 2.31. The quantitative estimate of drug-likeness (QED) is 0.832. The maximum absolute atomic E-state index is 12.4. The fraction of sp³-hybridized carbons (Fsp3) is 0.533. The molecule has 104 valence electrons. The van der Waals surface area contributed by atoms with Crippen molar-refractivity contribution in [2.24, 2.45) is 0 Å². The zero-order chi connectivity index (χ0) is 13.8. The summed E-state index contributed by atoms with van der Waals surface area (Å²) in [6.07, 6.45) is 2.35. The summed E-state index contributed by atoms with van der Waals surface area (Å²) in [5, 5.41) is 0. The Kier molecular flexibility index (Phi) is 4.43. The van der Waals surface area contributed by atoms with Crippen molar-refractivity contribution in [3.05, 3.63) is 29.8 Å². The lowest BCUT2D eigenvalue weighted by molar-refractivity contribution is 0.0587. The van der Waals surface area contributed by atoms with E-state index < -0.39 is 0 Å². The van der Waals surface area contributed by atoms with Crippen LogP contribution in [0.25, 0.3) is 0 Å². The zero-order valence-corrected chi connectivity index (χ0v) is 11.9. The summed E-state index contributed by atoms with van der Waals surface area (Å²) >= 11 is 0. The van der Waals surface area contributed by atoms with E-state index in [1.165, 1.54) is 0 Å². The van der Waals surface area contributed by atoms with Crippen LogP contribution in [0.5, 0.6) is 0 Å². The highest BCUT2D eigenvalue weighted by Gasteiger charge is 2.20. The average molecular weight is 262 g/mol. The van der Waals surface area contributed by atoms with Gasteiger partial charge in [-0.25, -0.2) is 0 Å². The number of anilines is 1. The summed E-state index contributed by atoms with van der Waals surface area (Å²) in [6.45, 7) is 1.49. The maximum atomic E-state index is 12.4. The van der Waals surface area contributed by atoms with Gasteiger partial charge < -0.3 is 14.5 Å². The lowest BCUT2D eigenvalue weighted by Gasteiger charge is -2.21. The SMILES string of the molecule is CN(CC1CCCO1)C(=O)c1cccc(N(C)C)c1. The van der Waals surface area contributed by atoms with Crippen LogP contribution in [0.1, 0.15) is 23.2 Å². The topological polar surface area (TPSA) is 32.8 Å². The number of ether oxygens (including phenoxy) is 1. The molecular formula is C15H22N2O2. The Bertz CT molecular complexity index is 440. The summed E-state index contributed by atoms with van der Waals surface area (Å²) in [7, 11) is 5.78. The van der Waals surface area contributed by atoms with Crippen molar-refractivity contribution in [1.29, 1.82) is 0 Å². The first-order valence-electron chi connectivity index (χ1n) is 6.72. The first-order chi connectivity index (χ1) is 9.08. The highest BCUT2D eigenvalue weighted by atomic mass is 16.5. The molecule has 0 saturated carbocycles. The maximum Gasteiger partial charge on any atom is 0.253 e. The highest BCUT2D eigenvalue weighted by Crippen LogP contribution is 2.17. The van der Waals surface area contributed by atoms with Gasteiger partial charge in [-0.1, -0.05) is 6.07 Å². The van der Waals surface area contributed by atoms with Crippen LogP contribution in [0.4, 0.5) is 5.69 Å². The van der Waals surface area contributed by atoms with E-state index in [9.17, 15) is 4.79 Å². The van der Waals surface area contributed by atoms with Crippen LogP contribution >= 0.6 is 0 Å². The molecule has 0 N–H and O–H groups in total. The second-order valence-electron chi connectivity index (χ2n) is 5.27. The van der Waals surface area contributed by atoms with Gasteiger partial charge >= 0.3 is 0 Å². The van der Waals surface area contributed by atoms with Crippen molar-refractivity contribution in [3.63, 3.8) is 0 Å². The van der Waals surface area contributed by atoms with E-state index in [1.54, 1.807) is 4.90 Å². The Morgan fingerprint density at radius 3 is 2.79 bits per heavy atom. The second kappa shape index (κ2) is 6.06. The third-order valence-corrected chi connectivity index (χ3v) is 3.46. The van der Waals surface area contributed by atoms with Gasteiger partial charge in [0.05, 0.1) is 6.10 Å². The van der Waals surface area contributed by atoms with E-state index in [-0.39, 0.29) is 12.0 Å². The van der Waals surface area contributed by atoms with Crippen molar-refractivity contribution in [2.75, 3.05) is 39.2 Å². The summed E-state index contributed by atoms with van der Waals surface area (Å²) in [4.78, 5) is 16.1. The number of rotatable bonds is 4. The Morgan fingerprint density at radius 1 is 1.37 bits per heavy atom. The molecule has 4 nitrogen and oxygen atoms in total. The second-order valence-corrected chi connectivity index (χ2v) is 5.27. The van der Waals surface area contributed by atoms with Crippen LogP contribution in [-0.2, 0) is 4.74 Å². The number of carbonyl (C=O) groups is 1. The van der Waals surface area contributed by atoms with Gasteiger partial charge in [-0.3, -0.25) is 4.79 Å². The third-order valence-electron chi connectivity index (χ3n) is 3.46. The highest BCUT2D eigenvalue weighted by molar-refractivity contribution is 5.95. The smallest absolute Gasteiger partial charge is 0.253 e. The van der Waals surface area contributed by atoms with Crippen LogP contribution in [-0.4, -0.2) is 51.2 Å². The van der Waals surface area contributed by atoms with Gasteiger partial charge in [-0.05, 0) is 31.0 Å². The van der Waals surface area contributed by atoms with Crippen LogP contribution < -0.4 is 4.90 Å². The summed E-state index contributed by atoms with van der Waals surface area (Å²) in [6, 6.07) is 7.70. The largest absolute Gasteiger partial charge is 0.378 e. The van der Waals surface area contributed by atoms with Gasteiger partial charge in [0.25, 0.3) is 5.91 Å². The zero-order valence-electron chi connectivity index (χ0n) is 11.9. The molecule has 1 aliphatic heterocycles. The van der Waals surface area contributed by atoms with Gasteiger partial charge in [0.15, 0.2) is 0 Å². The number of nitrogens with zero attached hydrogens (tertiary/aromatic N) is 2. The predicted molar refractivity (Wildman–Crippen MR) is 76.7 cm³/mol. The van der Waals surface area contributed by atoms with Crippen molar-refractivity contribution in [3.8, 4) is 0 Å². The van der Waals surface area contributed by atoms with Crippen LogP contribution in [0, 0.1) is 0 Å². The van der Waals surface area contributed by atoms with Crippen molar-refractivity contribution in [1.82, 2.24) is 4.90 Å². The molecule has 4 heteroatoms. The minimum atomic E-state index is 0.0548. The average Bonchev–Trinajstić information content (AvgIpc) is 2.90. The molecule has 0 bridgehead atoms. The number of likely N-dealkylation sites (N-methyl/N-ethyl adjacent to an activating group) is 1. The summed E-state index contributed by atoms with van der Waals surface area (Å²) in [5.74, 6) is 0.0548. The van der Waals surface area contributed by atoms with Gasteiger partial charge in [-0.2, -0.15) is 0 Å². The van der Waals surface area contributed by atoms with E-state index >= 15 is 0 Å². The molecular weight excluding hydrogens is 240 g/mol. The van der Waals surface area contributed by atoms with E-state index in [1.807, 2.05) is 50.3 Å². The molecule has 0 aliphatic carbocycles. The van der Waals surface area contributed by atoms with Gasteiger partial charge in [0, 0.05) is 45.5 Å². The monoisotopic (exact) mass is 262 g/mol. The fourth-order valence-corrected chi connectivity index (χ4v) is 2.31. The summed E-state index contributed by atoms with van der Waals surface area (Å²) < 4.78 is 5.57. The molecule has 19 heavy (non-hydrogen) atoms. The lowest BCUT2D eigenvalue weighted by Crippen LogP contribution is -2.34. The minimum Gasteiger partial charge on any atom is -0.378 e. The van der Waals surface area contributed by atoms with E-state index in [0.717, 1.165) is 30.7 Å². The van der Waals surface area contributed by atoms with Crippen LogP contribution in [0.2, 0.25) is 0 Å². The van der Waals surface area contributed by atoms with Crippen molar-refractivity contribution in [2.45, 2.75) is 18.9 Å². The third kappa shape index (κ3) is 3.47. The van der Waals surface area contributed by atoms with E-state index in [4.69, 9.17) is 4.74 Å². The summed E-state index contributed by atoms with van der Waals surface area (Å²) in [5.41, 5.74) is 1.77. The Labute approximate surface area is 115 Å². The van der Waals surface area contributed by atoms with Gasteiger partial charge in [0.1, 0.15) is 0 Å². The lowest BCUT2D eigenvalue weighted by atomic mass is 10.1. The predicted octanol–water partition coefficient (Wildman–Crippen LogP) is 2.00. The van der Waals surface area contributed by atoms with Crippen LogP contribution in [0.15, 0.2) is 24.3 Å². The molecule has 1 amide bonds.